The van der Waals surface area contributed by atoms with E-state index in [2.05, 4.69) is 31.3 Å². The molecule has 0 aliphatic carbocycles. The number of hydrogen-bond donors (Lipinski definition) is 1. The largest absolute Gasteiger partial charge is 0.489 e. The van der Waals surface area contributed by atoms with E-state index in [1.807, 2.05) is 61.5 Å². The van der Waals surface area contributed by atoms with E-state index in [-0.39, 0.29) is 5.91 Å². The van der Waals surface area contributed by atoms with Gasteiger partial charge in [0.25, 0.3) is 5.91 Å². The summed E-state index contributed by atoms with van der Waals surface area (Å²) in [6, 6.07) is 23.0. The molecule has 2 aromatic carbocycles. The minimum atomic E-state index is -0.296. The number of aryl methyl sites for hydroxylation is 1. The van der Waals surface area contributed by atoms with Crippen molar-refractivity contribution in [3.8, 4) is 5.75 Å². The van der Waals surface area contributed by atoms with Crippen molar-refractivity contribution >= 4 is 27.7 Å². The van der Waals surface area contributed by atoms with E-state index in [1.54, 1.807) is 29.1 Å². The Hall–Kier alpha value is -3.45. The smallest absolute Gasteiger partial charge is 0.277 e. The van der Waals surface area contributed by atoms with Crippen molar-refractivity contribution < 1.29 is 9.53 Å². The maximum atomic E-state index is 12.6. The number of halogens is 1. The van der Waals surface area contributed by atoms with Gasteiger partial charge >= 0.3 is 0 Å². The Balaban J connectivity index is 1.51. The van der Waals surface area contributed by atoms with E-state index < -0.39 is 0 Å². The van der Waals surface area contributed by atoms with Crippen LogP contribution in [0.3, 0.4) is 0 Å². The van der Waals surface area contributed by atoms with Crippen LogP contribution in [0.2, 0.25) is 0 Å². The van der Waals surface area contributed by atoms with Gasteiger partial charge in [-0.3, -0.25) is 9.48 Å². The number of aromatic nitrogens is 3. The van der Waals surface area contributed by atoms with Crippen LogP contribution < -0.4 is 10.1 Å². The number of nitrogens with zero attached hydrogens (tertiary/aromatic N) is 3. The van der Waals surface area contributed by atoms with Gasteiger partial charge in [-0.2, -0.15) is 5.10 Å². The lowest BCUT2D eigenvalue weighted by Crippen LogP contribution is -2.14. The molecule has 0 radical (unpaired) electrons. The molecule has 7 heteroatoms. The monoisotopic (exact) mass is 476 g/mol. The highest BCUT2D eigenvalue weighted by Crippen LogP contribution is 2.25. The van der Waals surface area contributed by atoms with Gasteiger partial charge in [-0.25, -0.2) is 4.98 Å². The van der Waals surface area contributed by atoms with Gasteiger partial charge in [0.2, 0.25) is 0 Å². The molecule has 0 unspecified atom stereocenters. The molecule has 6 nitrogen and oxygen atoms in total. The molecule has 4 aromatic rings. The van der Waals surface area contributed by atoms with Gasteiger partial charge in [0, 0.05) is 21.9 Å². The molecule has 0 saturated heterocycles. The van der Waals surface area contributed by atoms with Gasteiger partial charge in [0.15, 0.2) is 5.69 Å². The van der Waals surface area contributed by atoms with Crippen molar-refractivity contribution in [3.63, 3.8) is 0 Å². The van der Waals surface area contributed by atoms with E-state index >= 15 is 0 Å². The van der Waals surface area contributed by atoms with Crippen LogP contribution in [0, 0.1) is 6.92 Å². The Kier molecular flexibility index (Phi) is 6.43. The molecule has 0 atom stereocenters. The molecule has 0 saturated carbocycles. The third-order valence-electron chi connectivity index (χ3n) is 4.70. The summed E-state index contributed by atoms with van der Waals surface area (Å²) < 4.78 is 8.82. The zero-order chi connectivity index (χ0) is 21.6. The first-order valence-corrected chi connectivity index (χ1v) is 10.6. The van der Waals surface area contributed by atoms with Crippen LogP contribution in [0.4, 0.5) is 5.82 Å². The normalized spacial score (nSPS) is 10.6. The molecule has 1 N–H and O–H groups in total. The number of amides is 1. The number of carbonyl (C=O) groups excluding carboxylic acids is 1. The molecule has 0 aliphatic rings. The Labute approximate surface area is 189 Å². The van der Waals surface area contributed by atoms with E-state index in [0.29, 0.717) is 24.7 Å². The summed E-state index contributed by atoms with van der Waals surface area (Å²) in [5.41, 5.74) is 3.28. The van der Waals surface area contributed by atoms with Crippen molar-refractivity contribution in [2.24, 2.45) is 0 Å². The summed E-state index contributed by atoms with van der Waals surface area (Å²) in [6.45, 7) is 2.88. The molecule has 2 aromatic heterocycles. The molecular formula is C24H21BrN4O2. The van der Waals surface area contributed by atoms with Crippen LogP contribution in [0.15, 0.2) is 83.5 Å². The third kappa shape index (κ3) is 5.38. The molecule has 2 heterocycles. The number of ether oxygens (including phenoxy) is 1. The predicted molar refractivity (Wildman–Crippen MR) is 123 cm³/mol. The fourth-order valence-corrected chi connectivity index (χ4v) is 3.52. The van der Waals surface area contributed by atoms with Gasteiger partial charge in [0.1, 0.15) is 18.2 Å². The SMILES string of the molecule is Cc1cc(C(=O)Nc2ccccn2)nn1Cc1cc(Br)ccc1OCc1ccccc1. The maximum Gasteiger partial charge on any atom is 0.277 e. The lowest BCUT2D eigenvalue weighted by Gasteiger charge is -2.13. The maximum absolute atomic E-state index is 12.6. The van der Waals surface area contributed by atoms with Crippen molar-refractivity contribution in [3.05, 3.63) is 106 Å². The average Bonchev–Trinajstić information content (AvgIpc) is 3.15. The van der Waals surface area contributed by atoms with Crippen LogP contribution in [0.5, 0.6) is 5.75 Å². The van der Waals surface area contributed by atoms with Crippen molar-refractivity contribution in [1.82, 2.24) is 14.8 Å². The van der Waals surface area contributed by atoms with Crippen LogP contribution in [0.1, 0.15) is 27.3 Å². The Morgan fingerprint density at radius 1 is 1.06 bits per heavy atom. The number of nitrogens with one attached hydrogen (secondary N) is 1. The highest BCUT2D eigenvalue weighted by atomic mass is 79.9. The second kappa shape index (κ2) is 9.57. The first kappa shape index (κ1) is 20.8. The lowest BCUT2D eigenvalue weighted by molar-refractivity contribution is 0.102. The van der Waals surface area contributed by atoms with Crippen LogP contribution in [0.25, 0.3) is 0 Å². The minimum absolute atomic E-state index is 0.296. The summed E-state index contributed by atoms with van der Waals surface area (Å²) in [6.07, 6.45) is 1.63. The topological polar surface area (TPSA) is 69.0 Å². The Morgan fingerprint density at radius 3 is 2.65 bits per heavy atom. The Morgan fingerprint density at radius 2 is 1.87 bits per heavy atom. The number of rotatable bonds is 7. The standard InChI is InChI=1S/C24H21BrN4O2/c1-17-13-21(24(30)27-23-9-5-6-12-26-23)28-29(17)15-19-14-20(25)10-11-22(19)31-16-18-7-3-2-4-8-18/h2-14H,15-16H2,1H3,(H,26,27,30). The molecule has 156 valence electrons. The van der Waals surface area contributed by atoms with Crippen LogP contribution in [-0.2, 0) is 13.2 Å². The van der Waals surface area contributed by atoms with Gasteiger partial charge in [-0.05, 0) is 48.9 Å². The molecular weight excluding hydrogens is 456 g/mol. The zero-order valence-corrected chi connectivity index (χ0v) is 18.5. The molecule has 0 fully saturated rings. The summed E-state index contributed by atoms with van der Waals surface area (Å²) >= 11 is 3.53. The first-order valence-electron chi connectivity index (χ1n) is 9.80. The second-order valence-electron chi connectivity index (χ2n) is 7.02. The van der Waals surface area contributed by atoms with E-state index in [9.17, 15) is 4.79 Å². The first-order chi connectivity index (χ1) is 15.1. The van der Waals surface area contributed by atoms with Crippen molar-refractivity contribution in [2.75, 3.05) is 5.32 Å². The number of carbonyl (C=O) groups is 1. The van der Waals surface area contributed by atoms with E-state index in [1.165, 1.54) is 0 Å². The summed E-state index contributed by atoms with van der Waals surface area (Å²) in [5.74, 6) is 0.972. The Bertz CT molecular complexity index is 1180. The minimum Gasteiger partial charge on any atom is -0.489 e. The molecule has 0 bridgehead atoms. The van der Waals surface area contributed by atoms with Crippen LogP contribution in [-0.4, -0.2) is 20.7 Å². The summed E-state index contributed by atoms with van der Waals surface area (Å²) in [5, 5.41) is 7.26. The van der Waals surface area contributed by atoms with E-state index in [0.717, 1.165) is 27.0 Å². The number of hydrogen-bond acceptors (Lipinski definition) is 4. The lowest BCUT2D eigenvalue weighted by atomic mass is 10.2. The highest BCUT2D eigenvalue weighted by Gasteiger charge is 2.15. The zero-order valence-electron chi connectivity index (χ0n) is 17.0. The number of pyridine rings is 1. The quantitative estimate of drug-likeness (QED) is 0.396. The number of benzene rings is 2. The molecule has 4 rings (SSSR count). The van der Waals surface area contributed by atoms with Gasteiger partial charge in [0.05, 0.1) is 6.54 Å². The third-order valence-corrected chi connectivity index (χ3v) is 5.19. The van der Waals surface area contributed by atoms with Crippen molar-refractivity contribution in [1.29, 1.82) is 0 Å². The second-order valence-corrected chi connectivity index (χ2v) is 7.94. The van der Waals surface area contributed by atoms with Crippen molar-refractivity contribution in [2.45, 2.75) is 20.1 Å². The predicted octanol–water partition coefficient (Wildman–Crippen LogP) is 5.23. The highest BCUT2D eigenvalue weighted by molar-refractivity contribution is 9.10. The molecule has 0 spiro atoms. The fourth-order valence-electron chi connectivity index (χ4n) is 3.11. The van der Waals surface area contributed by atoms with Gasteiger partial charge in [-0.1, -0.05) is 52.3 Å². The summed E-state index contributed by atoms with van der Waals surface area (Å²) in [4.78, 5) is 16.7. The average molecular weight is 477 g/mol. The summed E-state index contributed by atoms with van der Waals surface area (Å²) in [7, 11) is 0. The van der Waals surface area contributed by atoms with Gasteiger partial charge < -0.3 is 10.1 Å². The fraction of sp³-hybridized carbons (Fsp3) is 0.125. The molecule has 1 amide bonds. The molecule has 31 heavy (non-hydrogen) atoms. The van der Waals surface area contributed by atoms with Gasteiger partial charge in [-0.15, -0.1) is 0 Å². The van der Waals surface area contributed by atoms with E-state index in [4.69, 9.17) is 4.74 Å². The number of anilines is 1. The molecule has 0 aliphatic heterocycles. The van der Waals surface area contributed by atoms with Crippen LogP contribution >= 0.6 is 15.9 Å².